The number of carbonyl (C=O) groups is 1. The Morgan fingerprint density at radius 1 is 0.800 bits per heavy atom. The van der Waals surface area contributed by atoms with Crippen LogP contribution in [-0.2, 0) is 4.79 Å². The second kappa shape index (κ2) is 11.5. The van der Waals surface area contributed by atoms with Crippen LogP contribution in [0.15, 0.2) is 0 Å². The van der Waals surface area contributed by atoms with Gasteiger partial charge in [-0.15, -0.1) is 0 Å². The summed E-state index contributed by atoms with van der Waals surface area (Å²) in [4.78, 5) is 10.2. The molecule has 0 aliphatic carbocycles. The van der Waals surface area contributed by atoms with Crippen molar-refractivity contribution in [2.75, 3.05) is 0 Å². The maximum atomic E-state index is 10.2. The Labute approximate surface area is 94.1 Å². The first-order valence-electron chi connectivity index (χ1n) is 6.13. The molecule has 0 unspecified atom stereocenters. The van der Waals surface area contributed by atoms with E-state index in [0.717, 1.165) is 19.3 Å². The van der Waals surface area contributed by atoms with E-state index in [1.54, 1.807) is 0 Å². The highest BCUT2D eigenvalue weighted by Crippen LogP contribution is 2.10. The van der Waals surface area contributed by atoms with Crippen LogP contribution in [0.5, 0.6) is 0 Å². The molecule has 0 aromatic rings. The van der Waals surface area contributed by atoms with Crippen molar-refractivity contribution in [3.05, 3.63) is 6.92 Å². The molecule has 0 aliphatic heterocycles. The molecule has 0 heterocycles. The van der Waals surface area contributed by atoms with Crippen molar-refractivity contribution >= 4 is 5.97 Å². The molecule has 0 aliphatic rings. The van der Waals surface area contributed by atoms with E-state index in [0.29, 0.717) is 12.8 Å². The fourth-order valence-corrected chi connectivity index (χ4v) is 1.64. The minimum absolute atomic E-state index is 0.323. The molecule has 0 atom stereocenters. The van der Waals surface area contributed by atoms with Gasteiger partial charge in [-0.2, -0.15) is 0 Å². The van der Waals surface area contributed by atoms with E-state index in [1.165, 1.54) is 38.5 Å². The van der Waals surface area contributed by atoms with Gasteiger partial charge in [0, 0.05) is 6.42 Å². The molecule has 3 radical (unpaired) electrons. The minimum Gasteiger partial charge on any atom is -0.481 e. The van der Waals surface area contributed by atoms with Gasteiger partial charge < -0.3 is 5.11 Å². The van der Waals surface area contributed by atoms with Crippen molar-refractivity contribution < 1.29 is 9.90 Å². The Bertz CT molecular complexity index is 143. The molecular weight excluding hydrogens is 188 g/mol. The van der Waals surface area contributed by atoms with E-state index < -0.39 is 5.97 Å². The lowest BCUT2D eigenvalue weighted by molar-refractivity contribution is -0.137. The largest absolute Gasteiger partial charge is 0.481 e. The highest BCUT2D eigenvalue weighted by Gasteiger charge is 1.96. The van der Waals surface area contributed by atoms with E-state index in [-0.39, 0.29) is 0 Å². The van der Waals surface area contributed by atoms with Crippen LogP contribution in [0.25, 0.3) is 0 Å². The second-order valence-corrected chi connectivity index (χ2v) is 4.08. The molecule has 2 nitrogen and oxygen atoms in total. The molecule has 0 saturated heterocycles. The van der Waals surface area contributed by atoms with Gasteiger partial charge in [0.15, 0.2) is 0 Å². The number of carboxylic acids is 1. The van der Waals surface area contributed by atoms with Crippen molar-refractivity contribution in [2.24, 2.45) is 0 Å². The highest BCUT2D eigenvalue weighted by atomic mass is 16.4. The van der Waals surface area contributed by atoms with Crippen LogP contribution in [0.2, 0.25) is 0 Å². The molecule has 0 spiro atoms. The molecule has 0 amide bonds. The Kier molecular flexibility index (Phi) is 11.1. The molecule has 0 fully saturated rings. The summed E-state index contributed by atoms with van der Waals surface area (Å²) in [6.45, 7) is 6.98. The van der Waals surface area contributed by atoms with Gasteiger partial charge in [-0.1, -0.05) is 51.4 Å². The zero-order valence-electron chi connectivity index (χ0n) is 9.63. The molecule has 0 aromatic heterocycles. The molecular formula is C13H23O2. The van der Waals surface area contributed by atoms with Gasteiger partial charge in [-0.3, -0.25) is 4.79 Å². The predicted molar refractivity (Wildman–Crippen MR) is 61.7 cm³/mol. The first-order valence-corrected chi connectivity index (χ1v) is 6.13. The summed E-state index contributed by atoms with van der Waals surface area (Å²) in [5.41, 5.74) is 0. The summed E-state index contributed by atoms with van der Waals surface area (Å²) < 4.78 is 0. The van der Waals surface area contributed by atoms with Gasteiger partial charge in [0.2, 0.25) is 0 Å². The van der Waals surface area contributed by atoms with Gasteiger partial charge >= 0.3 is 5.97 Å². The number of aliphatic carboxylic acids is 1. The number of unbranched alkanes of at least 4 members (excludes halogenated alkanes) is 9. The summed E-state index contributed by atoms with van der Waals surface area (Å²) in [7, 11) is 0. The second-order valence-electron chi connectivity index (χ2n) is 4.08. The van der Waals surface area contributed by atoms with E-state index >= 15 is 0 Å². The zero-order chi connectivity index (χ0) is 11.4. The third-order valence-electron chi connectivity index (χ3n) is 2.57. The van der Waals surface area contributed by atoms with Crippen LogP contribution in [-0.4, -0.2) is 11.1 Å². The third-order valence-corrected chi connectivity index (χ3v) is 2.57. The van der Waals surface area contributed by atoms with E-state index in [2.05, 4.69) is 0 Å². The van der Waals surface area contributed by atoms with Crippen LogP contribution in [0.4, 0.5) is 0 Å². The Hall–Kier alpha value is -0.530. The maximum absolute atomic E-state index is 10.2. The number of hydrogen-bond acceptors (Lipinski definition) is 1. The van der Waals surface area contributed by atoms with Crippen molar-refractivity contribution in [1.29, 1.82) is 0 Å². The monoisotopic (exact) mass is 211 g/mol. The molecule has 87 valence electrons. The van der Waals surface area contributed by atoms with E-state index in [4.69, 9.17) is 12.0 Å². The van der Waals surface area contributed by atoms with E-state index in [1.807, 2.05) is 0 Å². The van der Waals surface area contributed by atoms with Gasteiger partial charge in [-0.25, -0.2) is 0 Å². The summed E-state index contributed by atoms with van der Waals surface area (Å²) in [6, 6.07) is 0. The average Bonchev–Trinajstić information content (AvgIpc) is 2.20. The van der Waals surface area contributed by atoms with Gasteiger partial charge in [0.1, 0.15) is 0 Å². The fraction of sp³-hybridized carbons (Fsp3) is 0.846. The SMILES string of the molecule is [C]CCCCCCCCCCCC(=O)O. The van der Waals surface area contributed by atoms with Gasteiger partial charge in [0.25, 0.3) is 0 Å². The van der Waals surface area contributed by atoms with Crippen LogP contribution >= 0.6 is 0 Å². The molecule has 0 aromatic carbocycles. The van der Waals surface area contributed by atoms with Crippen LogP contribution < -0.4 is 0 Å². The highest BCUT2D eigenvalue weighted by molar-refractivity contribution is 5.66. The first kappa shape index (κ1) is 14.5. The summed E-state index contributed by atoms with van der Waals surface area (Å²) in [5.74, 6) is -0.676. The molecule has 0 rings (SSSR count). The Morgan fingerprint density at radius 3 is 1.60 bits per heavy atom. The first-order chi connectivity index (χ1) is 7.27. The zero-order valence-corrected chi connectivity index (χ0v) is 9.63. The Morgan fingerprint density at radius 2 is 1.20 bits per heavy atom. The Balaban J connectivity index is 2.89. The standard InChI is InChI=1S/C13H23O2/c1-2-3-4-5-6-7-8-9-10-11-12-13(14)15/h2-12H2,(H,14,15). The third kappa shape index (κ3) is 13.5. The lowest BCUT2D eigenvalue weighted by atomic mass is 10.1. The summed E-state index contributed by atoms with van der Waals surface area (Å²) >= 11 is 0. The minimum atomic E-state index is -0.676. The lowest BCUT2D eigenvalue weighted by Gasteiger charge is -2.00. The summed E-state index contributed by atoms with van der Waals surface area (Å²) in [6.07, 6.45) is 11.2. The van der Waals surface area contributed by atoms with Crippen LogP contribution in [0.1, 0.15) is 70.6 Å². The average molecular weight is 211 g/mol. The topological polar surface area (TPSA) is 37.3 Å². The van der Waals surface area contributed by atoms with Crippen molar-refractivity contribution in [3.63, 3.8) is 0 Å². The molecule has 1 N–H and O–H groups in total. The molecule has 2 heteroatoms. The fourth-order valence-electron chi connectivity index (χ4n) is 1.64. The molecule has 0 saturated carbocycles. The number of rotatable bonds is 11. The lowest BCUT2D eigenvalue weighted by Crippen LogP contribution is -1.93. The van der Waals surface area contributed by atoms with Gasteiger partial charge in [-0.05, 0) is 19.8 Å². The van der Waals surface area contributed by atoms with Crippen molar-refractivity contribution in [2.45, 2.75) is 70.6 Å². The van der Waals surface area contributed by atoms with Crippen LogP contribution in [0.3, 0.4) is 0 Å². The van der Waals surface area contributed by atoms with Crippen molar-refractivity contribution in [1.82, 2.24) is 0 Å². The number of hydrogen-bond donors (Lipinski definition) is 1. The summed E-state index contributed by atoms with van der Waals surface area (Å²) in [5, 5.41) is 8.42. The van der Waals surface area contributed by atoms with Gasteiger partial charge in [0.05, 0.1) is 0 Å². The van der Waals surface area contributed by atoms with Crippen molar-refractivity contribution in [3.8, 4) is 0 Å². The maximum Gasteiger partial charge on any atom is 0.303 e. The molecule has 0 bridgehead atoms. The van der Waals surface area contributed by atoms with Crippen LogP contribution in [0, 0.1) is 6.92 Å². The normalized spacial score (nSPS) is 10.5. The smallest absolute Gasteiger partial charge is 0.303 e. The van der Waals surface area contributed by atoms with E-state index in [9.17, 15) is 4.79 Å². The quantitative estimate of drug-likeness (QED) is 0.525. The predicted octanol–water partition coefficient (Wildman–Crippen LogP) is 3.95. The molecule has 15 heavy (non-hydrogen) atoms. The number of carboxylic acid groups (broad SMARTS) is 1.